The lowest BCUT2D eigenvalue weighted by atomic mass is 9.86. The number of fused-ring (bicyclic) bond motifs is 2. The van der Waals surface area contributed by atoms with Gasteiger partial charge in [0.05, 0.1) is 6.10 Å². The van der Waals surface area contributed by atoms with E-state index in [0.717, 1.165) is 37.5 Å². The number of nitrogens with zero attached hydrogens (tertiary/aromatic N) is 1. The quantitative estimate of drug-likeness (QED) is 0.803. The van der Waals surface area contributed by atoms with Crippen LogP contribution >= 0.6 is 0 Å². The van der Waals surface area contributed by atoms with Crippen LogP contribution in [0.15, 0.2) is 0 Å². The molecule has 3 heteroatoms. The third-order valence-electron chi connectivity index (χ3n) is 5.55. The van der Waals surface area contributed by atoms with Crippen molar-refractivity contribution in [3.63, 3.8) is 0 Å². The first-order chi connectivity index (χ1) is 8.72. The Hall–Kier alpha value is -0.120. The number of nitrogens with one attached hydrogen (secondary N) is 1. The van der Waals surface area contributed by atoms with E-state index in [1.807, 2.05) is 0 Å². The molecule has 104 valence electrons. The minimum absolute atomic E-state index is 0.0285. The van der Waals surface area contributed by atoms with Gasteiger partial charge in [-0.15, -0.1) is 0 Å². The smallest absolute Gasteiger partial charge is 0.0543 e. The molecule has 1 aliphatic carbocycles. The Morgan fingerprint density at radius 2 is 1.78 bits per heavy atom. The summed E-state index contributed by atoms with van der Waals surface area (Å²) in [5.41, 5.74) is 0. The highest BCUT2D eigenvalue weighted by atomic mass is 16.3. The highest BCUT2D eigenvalue weighted by molar-refractivity contribution is 4.96. The zero-order valence-electron chi connectivity index (χ0n) is 11.6. The van der Waals surface area contributed by atoms with Crippen molar-refractivity contribution in [2.45, 2.75) is 75.6 Å². The Kier molecular flexibility index (Phi) is 3.92. The van der Waals surface area contributed by atoms with Crippen molar-refractivity contribution in [3.8, 4) is 0 Å². The van der Waals surface area contributed by atoms with Crippen LogP contribution in [0.4, 0.5) is 0 Å². The molecule has 0 spiro atoms. The van der Waals surface area contributed by atoms with Gasteiger partial charge >= 0.3 is 0 Å². The predicted octanol–water partition coefficient (Wildman–Crippen LogP) is 1.75. The molecule has 2 bridgehead atoms. The second-order valence-corrected chi connectivity index (χ2v) is 6.81. The minimum Gasteiger partial charge on any atom is -0.393 e. The molecule has 1 saturated carbocycles. The highest BCUT2D eigenvalue weighted by Crippen LogP contribution is 2.34. The van der Waals surface area contributed by atoms with Gasteiger partial charge in [0, 0.05) is 18.1 Å². The monoisotopic (exact) mass is 252 g/mol. The predicted molar refractivity (Wildman–Crippen MR) is 73.6 cm³/mol. The summed E-state index contributed by atoms with van der Waals surface area (Å²) in [6.07, 6.45) is 10.0. The van der Waals surface area contributed by atoms with Crippen LogP contribution in [0.1, 0.15) is 51.4 Å². The van der Waals surface area contributed by atoms with Gasteiger partial charge in [0.15, 0.2) is 0 Å². The molecule has 2 heterocycles. The fourth-order valence-corrected chi connectivity index (χ4v) is 4.36. The van der Waals surface area contributed by atoms with Gasteiger partial charge in [-0.25, -0.2) is 0 Å². The van der Waals surface area contributed by atoms with Gasteiger partial charge in [0.1, 0.15) is 0 Å². The van der Waals surface area contributed by atoms with Gasteiger partial charge in [-0.05, 0) is 64.5 Å². The normalized spacial score (nSPS) is 45.3. The zero-order chi connectivity index (χ0) is 12.5. The van der Waals surface area contributed by atoms with Gasteiger partial charge in [-0.2, -0.15) is 0 Å². The summed E-state index contributed by atoms with van der Waals surface area (Å²) in [6, 6.07) is 2.40. The molecule has 3 rings (SSSR count). The average molecular weight is 252 g/mol. The lowest BCUT2D eigenvalue weighted by molar-refractivity contribution is 0.0950. The first kappa shape index (κ1) is 12.9. The minimum atomic E-state index is -0.0285. The van der Waals surface area contributed by atoms with Crippen LogP contribution in [0.3, 0.4) is 0 Å². The van der Waals surface area contributed by atoms with Gasteiger partial charge in [0.2, 0.25) is 0 Å². The van der Waals surface area contributed by atoms with Gasteiger partial charge in [0.25, 0.3) is 0 Å². The van der Waals surface area contributed by atoms with Crippen LogP contribution in [-0.4, -0.2) is 47.8 Å². The number of aliphatic hydroxyl groups is 1. The summed E-state index contributed by atoms with van der Waals surface area (Å²) in [6.45, 7) is 1.13. The molecule has 2 N–H and O–H groups in total. The molecule has 3 fully saturated rings. The van der Waals surface area contributed by atoms with Crippen LogP contribution in [-0.2, 0) is 0 Å². The Morgan fingerprint density at radius 3 is 2.44 bits per heavy atom. The molecule has 0 aromatic carbocycles. The molecular weight excluding hydrogens is 224 g/mol. The summed E-state index contributed by atoms with van der Waals surface area (Å²) < 4.78 is 0. The molecule has 0 aromatic rings. The van der Waals surface area contributed by atoms with E-state index in [1.54, 1.807) is 0 Å². The molecular formula is C15H28N2O. The fraction of sp³-hybridized carbons (Fsp3) is 1.00. The first-order valence-corrected chi connectivity index (χ1v) is 7.85. The maximum Gasteiger partial charge on any atom is 0.0543 e. The van der Waals surface area contributed by atoms with Crippen LogP contribution in [0.5, 0.6) is 0 Å². The lowest BCUT2D eigenvalue weighted by Crippen LogP contribution is -2.48. The van der Waals surface area contributed by atoms with E-state index in [4.69, 9.17) is 0 Å². The molecule has 0 amide bonds. The van der Waals surface area contributed by atoms with E-state index in [0.29, 0.717) is 5.92 Å². The third-order valence-corrected chi connectivity index (χ3v) is 5.55. The van der Waals surface area contributed by atoms with Gasteiger partial charge < -0.3 is 15.3 Å². The number of aliphatic hydroxyl groups excluding tert-OH is 1. The number of hydrogen-bond donors (Lipinski definition) is 2. The van der Waals surface area contributed by atoms with Crippen molar-refractivity contribution >= 4 is 0 Å². The second kappa shape index (κ2) is 5.48. The Labute approximate surface area is 111 Å². The molecule has 3 nitrogen and oxygen atoms in total. The Morgan fingerprint density at radius 1 is 1.06 bits per heavy atom. The molecule has 0 aromatic heterocycles. The maximum absolute atomic E-state index is 9.71. The van der Waals surface area contributed by atoms with Gasteiger partial charge in [-0.1, -0.05) is 6.42 Å². The summed E-state index contributed by atoms with van der Waals surface area (Å²) >= 11 is 0. The number of hydrogen-bond acceptors (Lipinski definition) is 3. The standard InChI is InChI=1S/C15H28N2O/c1-17-13-5-6-14(17)9-12(8-13)16-10-11-3-2-4-15(18)7-11/h11-16,18H,2-10H2,1H3. The van der Waals surface area contributed by atoms with Crippen LogP contribution in [0, 0.1) is 5.92 Å². The average Bonchev–Trinajstić information content (AvgIpc) is 2.60. The fourth-order valence-electron chi connectivity index (χ4n) is 4.36. The molecule has 2 aliphatic heterocycles. The Balaban J connectivity index is 1.44. The summed E-state index contributed by atoms with van der Waals surface area (Å²) in [4.78, 5) is 2.60. The van der Waals surface area contributed by atoms with E-state index in [-0.39, 0.29) is 6.10 Å². The summed E-state index contributed by atoms with van der Waals surface area (Å²) in [7, 11) is 2.30. The number of piperidine rings is 1. The van der Waals surface area contributed by atoms with E-state index in [2.05, 4.69) is 17.3 Å². The first-order valence-electron chi connectivity index (χ1n) is 7.85. The molecule has 3 aliphatic rings. The van der Waals surface area contributed by atoms with E-state index in [9.17, 15) is 5.11 Å². The van der Waals surface area contributed by atoms with Crippen LogP contribution in [0.25, 0.3) is 0 Å². The largest absolute Gasteiger partial charge is 0.393 e. The molecule has 18 heavy (non-hydrogen) atoms. The van der Waals surface area contributed by atoms with Crippen molar-refractivity contribution in [1.29, 1.82) is 0 Å². The van der Waals surface area contributed by atoms with Crippen LogP contribution in [0.2, 0.25) is 0 Å². The van der Waals surface area contributed by atoms with Crippen molar-refractivity contribution < 1.29 is 5.11 Å². The van der Waals surface area contributed by atoms with Crippen molar-refractivity contribution in [2.75, 3.05) is 13.6 Å². The maximum atomic E-state index is 9.71. The van der Waals surface area contributed by atoms with Crippen molar-refractivity contribution in [2.24, 2.45) is 5.92 Å². The third kappa shape index (κ3) is 2.73. The topological polar surface area (TPSA) is 35.5 Å². The van der Waals surface area contributed by atoms with E-state index in [1.165, 1.54) is 38.5 Å². The molecule has 2 saturated heterocycles. The molecule has 4 unspecified atom stereocenters. The second-order valence-electron chi connectivity index (χ2n) is 6.81. The van der Waals surface area contributed by atoms with Crippen molar-refractivity contribution in [3.05, 3.63) is 0 Å². The number of rotatable bonds is 3. The summed E-state index contributed by atoms with van der Waals surface area (Å²) in [5.74, 6) is 0.714. The SMILES string of the molecule is CN1C2CCC1CC(NCC1CCCC(O)C1)C2. The highest BCUT2D eigenvalue weighted by Gasteiger charge is 2.38. The summed E-state index contributed by atoms with van der Waals surface area (Å²) in [5, 5.41) is 13.5. The Bertz CT molecular complexity index is 270. The van der Waals surface area contributed by atoms with Crippen LogP contribution < -0.4 is 5.32 Å². The van der Waals surface area contributed by atoms with E-state index >= 15 is 0 Å². The van der Waals surface area contributed by atoms with Gasteiger partial charge in [-0.3, -0.25) is 0 Å². The lowest BCUT2D eigenvalue weighted by Gasteiger charge is -2.37. The molecule has 4 atom stereocenters. The van der Waals surface area contributed by atoms with Crippen molar-refractivity contribution in [1.82, 2.24) is 10.2 Å². The molecule has 0 radical (unpaired) electrons. The zero-order valence-corrected chi connectivity index (χ0v) is 11.6. The van der Waals surface area contributed by atoms with E-state index < -0.39 is 0 Å².